The molecule has 0 spiro atoms. The molecule has 5 nitrogen and oxygen atoms in total. The number of rotatable bonds is 7. The number of fused-ring (bicyclic) bond motifs is 1. The van der Waals surface area contributed by atoms with Gasteiger partial charge in [0, 0.05) is 50.8 Å². The van der Waals surface area contributed by atoms with Crippen LogP contribution in [-0.2, 0) is 11.3 Å². The minimum atomic E-state index is 0.581. The molecule has 1 N–H and O–H groups in total. The highest BCUT2D eigenvalue weighted by atomic mass is 16.5. The lowest BCUT2D eigenvalue weighted by Crippen LogP contribution is -2.43. The number of anilines is 1. The van der Waals surface area contributed by atoms with E-state index in [0.29, 0.717) is 6.04 Å². The van der Waals surface area contributed by atoms with Crippen LogP contribution in [0, 0.1) is 0 Å². The normalized spacial score (nSPS) is 26.0. The molecule has 0 aromatic carbocycles. The van der Waals surface area contributed by atoms with Crippen molar-refractivity contribution < 1.29 is 4.74 Å². The highest BCUT2D eigenvalue weighted by Crippen LogP contribution is 2.28. The first-order chi connectivity index (χ1) is 10.4. The van der Waals surface area contributed by atoms with Crippen LogP contribution in [0.25, 0.3) is 0 Å². The molecule has 1 aromatic rings. The topological polar surface area (TPSA) is 42.3 Å². The van der Waals surface area contributed by atoms with Gasteiger partial charge in [0.2, 0.25) is 5.95 Å². The average Bonchev–Trinajstić information content (AvgIpc) is 3.12. The summed E-state index contributed by atoms with van der Waals surface area (Å²) in [6.07, 6.45) is 10.3. The Hall–Kier alpha value is -1.07. The van der Waals surface area contributed by atoms with Crippen LogP contribution in [0.1, 0.15) is 39.0 Å². The molecule has 3 rings (SSSR count). The molecule has 5 heteroatoms. The molecule has 0 saturated carbocycles. The zero-order chi connectivity index (χ0) is 14.5. The number of nitrogens with zero attached hydrogens (tertiary/aromatic N) is 3. The molecule has 2 aliphatic rings. The number of nitrogens with one attached hydrogen (secondary N) is 1. The van der Waals surface area contributed by atoms with Gasteiger partial charge in [-0.2, -0.15) is 0 Å². The summed E-state index contributed by atoms with van der Waals surface area (Å²) in [6, 6.07) is 1.38. The summed E-state index contributed by atoms with van der Waals surface area (Å²) in [5.74, 6) is 1.03. The van der Waals surface area contributed by atoms with Crippen molar-refractivity contribution in [1.29, 1.82) is 0 Å². The Kier molecular flexibility index (Phi) is 5.14. The highest BCUT2D eigenvalue weighted by Gasteiger charge is 2.31. The number of piperidine rings is 1. The largest absolute Gasteiger partial charge is 0.382 e. The lowest BCUT2D eigenvalue weighted by atomic mass is 9.98. The summed E-state index contributed by atoms with van der Waals surface area (Å²) in [7, 11) is 0. The molecule has 0 bridgehead atoms. The smallest absolute Gasteiger partial charge is 0.202 e. The van der Waals surface area contributed by atoms with Gasteiger partial charge >= 0.3 is 0 Å². The van der Waals surface area contributed by atoms with Crippen LogP contribution in [0.15, 0.2) is 12.4 Å². The van der Waals surface area contributed by atoms with E-state index in [1.165, 1.54) is 38.8 Å². The maximum atomic E-state index is 5.41. The quantitative estimate of drug-likeness (QED) is 0.783. The van der Waals surface area contributed by atoms with E-state index in [0.717, 1.165) is 38.2 Å². The van der Waals surface area contributed by atoms with E-state index in [4.69, 9.17) is 4.74 Å². The third-order valence-electron chi connectivity index (χ3n) is 4.76. The van der Waals surface area contributed by atoms with Crippen LogP contribution in [0.4, 0.5) is 5.95 Å². The molecule has 0 aliphatic carbocycles. The number of imidazole rings is 1. The number of aromatic nitrogens is 2. The molecule has 21 heavy (non-hydrogen) atoms. The fourth-order valence-corrected chi connectivity index (χ4v) is 3.65. The van der Waals surface area contributed by atoms with Gasteiger partial charge in [-0.15, -0.1) is 0 Å². The summed E-state index contributed by atoms with van der Waals surface area (Å²) in [6.45, 7) is 7.20. The van der Waals surface area contributed by atoms with Gasteiger partial charge in [0.1, 0.15) is 0 Å². The van der Waals surface area contributed by atoms with Gasteiger partial charge < -0.3 is 19.5 Å². The fourth-order valence-electron chi connectivity index (χ4n) is 3.65. The molecular formula is C16H28N4O. The van der Waals surface area contributed by atoms with E-state index in [1.54, 1.807) is 0 Å². The van der Waals surface area contributed by atoms with Crippen LogP contribution in [-0.4, -0.2) is 52.8 Å². The van der Waals surface area contributed by atoms with Crippen molar-refractivity contribution in [3.05, 3.63) is 12.4 Å². The van der Waals surface area contributed by atoms with Crippen LogP contribution in [0.3, 0.4) is 0 Å². The summed E-state index contributed by atoms with van der Waals surface area (Å²) >= 11 is 0. The van der Waals surface area contributed by atoms with E-state index in [2.05, 4.69) is 26.0 Å². The summed E-state index contributed by atoms with van der Waals surface area (Å²) in [5, 5.41) is 3.67. The standard InChI is InChI=1S/C16H28N4O/c1-2-21-12-4-9-20-11-7-17-16(20)18-14-6-10-19-8-3-5-15(19)13-14/h7,11,14-15H,2-6,8-10,12-13H2,1H3,(H,17,18). The Balaban J connectivity index is 1.49. The summed E-state index contributed by atoms with van der Waals surface area (Å²) in [5.41, 5.74) is 0. The summed E-state index contributed by atoms with van der Waals surface area (Å²) in [4.78, 5) is 7.15. The van der Waals surface area contributed by atoms with Crippen LogP contribution < -0.4 is 5.32 Å². The first-order valence-electron chi connectivity index (χ1n) is 8.46. The predicted molar refractivity (Wildman–Crippen MR) is 84.6 cm³/mol. The third kappa shape index (κ3) is 3.77. The Morgan fingerprint density at radius 2 is 2.33 bits per heavy atom. The minimum Gasteiger partial charge on any atom is -0.382 e. The molecule has 0 amide bonds. The molecule has 2 fully saturated rings. The van der Waals surface area contributed by atoms with E-state index in [1.807, 2.05) is 13.1 Å². The summed E-state index contributed by atoms with van der Waals surface area (Å²) < 4.78 is 7.63. The van der Waals surface area contributed by atoms with Gasteiger partial charge in [-0.3, -0.25) is 0 Å². The maximum Gasteiger partial charge on any atom is 0.202 e. The molecule has 2 unspecified atom stereocenters. The van der Waals surface area contributed by atoms with Gasteiger partial charge in [-0.05, 0) is 45.6 Å². The van der Waals surface area contributed by atoms with Gasteiger partial charge in [0.15, 0.2) is 0 Å². The second kappa shape index (κ2) is 7.27. The van der Waals surface area contributed by atoms with Crippen molar-refractivity contribution in [2.24, 2.45) is 0 Å². The molecular weight excluding hydrogens is 264 g/mol. The Morgan fingerprint density at radius 1 is 1.38 bits per heavy atom. The lowest BCUT2D eigenvalue weighted by molar-refractivity contribution is 0.141. The first kappa shape index (κ1) is 14.9. The van der Waals surface area contributed by atoms with Crippen molar-refractivity contribution in [2.75, 3.05) is 31.6 Å². The Labute approximate surface area is 127 Å². The molecule has 2 atom stereocenters. The van der Waals surface area contributed by atoms with E-state index in [-0.39, 0.29) is 0 Å². The van der Waals surface area contributed by atoms with Crippen LogP contribution >= 0.6 is 0 Å². The monoisotopic (exact) mass is 292 g/mol. The van der Waals surface area contributed by atoms with Crippen molar-refractivity contribution in [3.8, 4) is 0 Å². The van der Waals surface area contributed by atoms with E-state index >= 15 is 0 Å². The van der Waals surface area contributed by atoms with Crippen molar-refractivity contribution in [3.63, 3.8) is 0 Å². The van der Waals surface area contributed by atoms with Gasteiger partial charge in [0.05, 0.1) is 0 Å². The van der Waals surface area contributed by atoms with Crippen LogP contribution in [0.2, 0.25) is 0 Å². The predicted octanol–water partition coefficient (Wildman–Crippen LogP) is 2.35. The first-order valence-corrected chi connectivity index (χ1v) is 8.46. The van der Waals surface area contributed by atoms with Crippen molar-refractivity contribution in [2.45, 2.75) is 57.7 Å². The van der Waals surface area contributed by atoms with Gasteiger partial charge in [-0.1, -0.05) is 0 Å². The Morgan fingerprint density at radius 3 is 3.24 bits per heavy atom. The molecule has 1 aromatic heterocycles. The van der Waals surface area contributed by atoms with Gasteiger partial charge in [0.25, 0.3) is 0 Å². The number of aryl methyl sites for hydroxylation is 1. The third-order valence-corrected chi connectivity index (χ3v) is 4.76. The van der Waals surface area contributed by atoms with E-state index < -0.39 is 0 Å². The Bertz CT molecular complexity index is 434. The molecule has 0 radical (unpaired) electrons. The highest BCUT2D eigenvalue weighted by molar-refractivity contribution is 5.28. The number of hydrogen-bond acceptors (Lipinski definition) is 4. The van der Waals surface area contributed by atoms with Crippen molar-refractivity contribution in [1.82, 2.24) is 14.5 Å². The molecule has 2 aliphatic heterocycles. The average molecular weight is 292 g/mol. The second-order valence-electron chi connectivity index (χ2n) is 6.19. The maximum absolute atomic E-state index is 5.41. The zero-order valence-corrected chi connectivity index (χ0v) is 13.1. The van der Waals surface area contributed by atoms with Crippen LogP contribution in [0.5, 0.6) is 0 Å². The second-order valence-corrected chi connectivity index (χ2v) is 6.19. The van der Waals surface area contributed by atoms with E-state index in [9.17, 15) is 0 Å². The minimum absolute atomic E-state index is 0.581. The van der Waals surface area contributed by atoms with Gasteiger partial charge in [-0.25, -0.2) is 4.98 Å². The molecule has 2 saturated heterocycles. The van der Waals surface area contributed by atoms with Crippen molar-refractivity contribution >= 4 is 5.95 Å². The number of ether oxygens (including phenoxy) is 1. The zero-order valence-electron chi connectivity index (χ0n) is 13.1. The fraction of sp³-hybridized carbons (Fsp3) is 0.812. The molecule has 3 heterocycles. The molecule has 118 valence electrons. The number of hydrogen-bond donors (Lipinski definition) is 1. The lowest BCUT2D eigenvalue weighted by Gasteiger charge is -2.35. The SMILES string of the molecule is CCOCCCn1ccnc1NC1CCN2CCCC2C1.